The summed E-state index contributed by atoms with van der Waals surface area (Å²) in [5.74, 6) is -1.40. The zero-order valence-corrected chi connectivity index (χ0v) is 11.3. The second-order valence-corrected chi connectivity index (χ2v) is 4.49. The molecule has 0 aliphatic carbocycles. The van der Waals surface area contributed by atoms with Crippen LogP contribution in [0.15, 0.2) is 42.5 Å². The number of nitro benzene ring substituents is 1. The Morgan fingerprint density at radius 2 is 1.90 bits per heavy atom. The number of carboxylic acid groups (broad SMARTS) is 1. The normalized spacial score (nSPS) is 10.1. The molecule has 2 rings (SSSR count). The molecule has 108 valence electrons. The van der Waals surface area contributed by atoms with E-state index in [1.54, 1.807) is 0 Å². The molecule has 0 unspecified atom stereocenters. The van der Waals surface area contributed by atoms with Gasteiger partial charge in [0, 0.05) is 6.07 Å². The highest BCUT2D eigenvalue weighted by Crippen LogP contribution is 2.28. The maximum Gasteiger partial charge on any atom is 0.346 e. The lowest BCUT2D eigenvalue weighted by Crippen LogP contribution is -2.07. The third-order valence-electron chi connectivity index (χ3n) is 2.93. The van der Waals surface area contributed by atoms with Gasteiger partial charge in [0.2, 0.25) is 0 Å². The number of aryl methyl sites for hydroxylation is 1. The van der Waals surface area contributed by atoms with Crippen LogP contribution >= 0.6 is 0 Å². The van der Waals surface area contributed by atoms with Gasteiger partial charge >= 0.3 is 5.97 Å². The first kappa shape index (κ1) is 14.5. The number of benzene rings is 2. The average Bonchev–Trinajstić information content (AvgIpc) is 2.46. The Morgan fingerprint density at radius 3 is 2.48 bits per heavy atom. The molecule has 0 aliphatic rings. The largest absolute Gasteiger partial charge is 0.488 e. The van der Waals surface area contributed by atoms with Crippen molar-refractivity contribution in [1.82, 2.24) is 0 Å². The van der Waals surface area contributed by atoms with E-state index >= 15 is 0 Å². The summed E-state index contributed by atoms with van der Waals surface area (Å²) in [5.41, 5.74) is 1.03. The molecule has 0 saturated carbocycles. The van der Waals surface area contributed by atoms with Crippen molar-refractivity contribution in [1.29, 1.82) is 0 Å². The molecule has 0 aliphatic heterocycles. The number of aromatic carboxylic acids is 1. The molecule has 21 heavy (non-hydrogen) atoms. The van der Waals surface area contributed by atoms with Crippen LogP contribution in [0.2, 0.25) is 0 Å². The molecular weight excluding hydrogens is 274 g/mol. The fraction of sp³-hybridized carbons (Fsp3) is 0.133. The van der Waals surface area contributed by atoms with E-state index in [1.807, 2.05) is 31.2 Å². The van der Waals surface area contributed by atoms with E-state index in [9.17, 15) is 14.9 Å². The number of ether oxygens (including phenoxy) is 1. The summed E-state index contributed by atoms with van der Waals surface area (Å²) >= 11 is 0. The molecule has 0 saturated heterocycles. The Balaban J connectivity index is 2.27. The number of carboxylic acids is 1. The number of hydrogen-bond acceptors (Lipinski definition) is 4. The zero-order valence-electron chi connectivity index (χ0n) is 11.3. The van der Waals surface area contributed by atoms with Crippen molar-refractivity contribution >= 4 is 11.7 Å². The average molecular weight is 287 g/mol. The fourth-order valence-electron chi connectivity index (χ4n) is 1.85. The Morgan fingerprint density at radius 1 is 1.24 bits per heavy atom. The highest BCUT2D eigenvalue weighted by molar-refractivity contribution is 5.95. The minimum Gasteiger partial charge on any atom is -0.488 e. The van der Waals surface area contributed by atoms with E-state index in [0.717, 1.165) is 17.2 Å². The predicted octanol–water partition coefficient (Wildman–Crippen LogP) is 3.18. The van der Waals surface area contributed by atoms with Gasteiger partial charge in [-0.1, -0.05) is 35.9 Å². The minimum atomic E-state index is -1.39. The first-order valence-corrected chi connectivity index (χ1v) is 6.18. The smallest absolute Gasteiger partial charge is 0.346 e. The maximum atomic E-state index is 11.2. The molecule has 0 heterocycles. The van der Waals surface area contributed by atoms with Crippen molar-refractivity contribution in [3.8, 4) is 5.75 Å². The van der Waals surface area contributed by atoms with Gasteiger partial charge in [0.1, 0.15) is 12.4 Å². The molecule has 0 fully saturated rings. The van der Waals surface area contributed by atoms with E-state index in [0.29, 0.717) is 0 Å². The molecule has 0 amide bonds. The summed E-state index contributed by atoms with van der Waals surface area (Å²) in [6, 6.07) is 11.5. The van der Waals surface area contributed by atoms with Crippen molar-refractivity contribution in [2.45, 2.75) is 13.5 Å². The summed E-state index contributed by atoms with van der Waals surface area (Å²) in [7, 11) is 0. The molecule has 0 radical (unpaired) electrons. The van der Waals surface area contributed by atoms with Crippen molar-refractivity contribution in [2.24, 2.45) is 0 Å². The van der Waals surface area contributed by atoms with Gasteiger partial charge in [0.25, 0.3) is 5.69 Å². The molecule has 2 aromatic rings. The maximum absolute atomic E-state index is 11.2. The van der Waals surface area contributed by atoms with Gasteiger partial charge in [-0.3, -0.25) is 10.1 Å². The van der Waals surface area contributed by atoms with E-state index in [-0.39, 0.29) is 12.4 Å². The molecule has 0 bridgehead atoms. The van der Waals surface area contributed by atoms with Gasteiger partial charge in [-0.25, -0.2) is 4.79 Å². The third kappa shape index (κ3) is 3.36. The van der Waals surface area contributed by atoms with Crippen LogP contribution in [0.1, 0.15) is 21.5 Å². The van der Waals surface area contributed by atoms with E-state index in [1.165, 1.54) is 12.1 Å². The van der Waals surface area contributed by atoms with Crippen LogP contribution in [-0.2, 0) is 6.61 Å². The zero-order chi connectivity index (χ0) is 15.4. The van der Waals surface area contributed by atoms with E-state index in [4.69, 9.17) is 9.84 Å². The lowest BCUT2D eigenvalue weighted by atomic mass is 10.1. The van der Waals surface area contributed by atoms with Crippen LogP contribution in [0.3, 0.4) is 0 Å². The van der Waals surface area contributed by atoms with Gasteiger partial charge in [0.05, 0.1) is 4.92 Å². The molecule has 0 spiro atoms. The van der Waals surface area contributed by atoms with Crippen LogP contribution in [0.5, 0.6) is 5.75 Å². The Kier molecular flexibility index (Phi) is 4.18. The molecule has 6 heteroatoms. The van der Waals surface area contributed by atoms with Crippen LogP contribution in [0, 0.1) is 17.0 Å². The standard InChI is InChI=1S/C15H13NO5/c1-10-5-7-11(8-6-10)9-21-13-4-2-3-12(16(19)20)14(13)15(17)18/h2-8H,9H2,1H3,(H,17,18). The second-order valence-electron chi connectivity index (χ2n) is 4.49. The van der Waals surface area contributed by atoms with Gasteiger partial charge in [-0.15, -0.1) is 0 Å². The number of carbonyl (C=O) groups is 1. The Bertz CT molecular complexity index is 679. The Labute approximate surface area is 120 Å². The lowest BCUT2D eigenvalue weighted by molar-refractivity contribution is -0.385. The quantitative estimate of drug-likeness (QED) is 0.673. The van der Waals surface area contributed by atoms with Crippen LogP contribution in [0.4, 0.5) is 5.69 Å². The third-order valence-corrected chi connectivity index (χ3v) is 2.93. The molecule has 0 aromatic heterocycles. The Hall–Kier alpha value is -2.89. The lowest BCUT2D eigenvalue weighted by Gasteiger charge is -2.09. The van der Waals surface area contributed by atoms with Crippen LogP contribution in [0.25, 0.3) is 0 Å². The van der Waals surface area contributed by atoms with E-state index < -0.39 is 22.1 Å². The van der Waals surface area contributed by atoms with Crippen molar-refractivity contribution in [2.75, 3.05) is 0 Å². The van der Waals surface area contributed by atoms with Gasteiger partial charge < -0.3 is 9.84 Å². The summed E-state index contributed by atoms with van der Waals surface area (Å²) < 4.78 is 5.43. The van der Waals surface area contributed by atoms with Gasteiger partial charge in [-0.2, -0.15) is 0 Å². The molecule has 2 aromatic carbocycles. The molecular formula is C15H13NO5. The highest BCUT2D eigenvalue weighted by Gasteiger charge is 2.24. The number of nitro groups is 1. The first-order chi connectivity index (χ1) is 9.99. The summed E-state index contributed by atoms with van der Waals surface area (Å²) in [6.45, 7) is 2.09. The summed E-state index contributed by atoms with van der Waals surface area (Å²) in [5, 5.41) is 20.0. The molecule has 1 N–H and O–H groups in total. The van der Waals surface area contributed by atoms with Crippen molar-refractivity contribution < 1.29 is 19.6 Å². The molecule has 0 atom stereocenters. The topological polar surface area (TPSA) is 89.7 Å². The van der Waals surface area contributed by atoms with Crippen LogP contribution < -0.4 is 4.74 Å². The first-order valence-electron chi connectivity index (χ1n) is 6.18. The SMILES string of the molecule is Cc1ccc(COc2cccc([N+](=O)[O-])c2C(=O)O)cc1. The highest BCUT2D eigenvalue weighted by atomic mass is 16.6. The summed E-state index contributed by atoms with van der Waals surface area (Å²) in [4.78, 5) is 21.4. The number of hydrogen-bond donors (Lipinski definition) is 1. The van der Waals surface area contributed by atoms with Gasteiger partial charge in [-0.05, 0) is 18.6 Å². The monoisotopic (exact) mass is 287 g/mol. The minimum absolute atomic E-state index is 0.0164. The van der Waals surface area contributed by atoms with Crippen molar-refractivity contribution in [3.63, 3.8) is 0 Å². The van der Waals surface area contributed by atoms with Gasteiger partial charge in [0.15, 0.2) is 5.56 Å². The second kappa shape index (κ2) is 6.04. The summed E-state index contributed by atoms with van der Waals surface area (Å²) in [6.07, 6.45) is 0. The van der Waals surface area contributed by atoms with E-state index in [2.05, 4.69) is 0 Å². The van der Waals surface area contributed by atoms with Crippen LogP contribution in [-0.4, -0.2) is 16.0 Å². The number of nitrogens with zero attached hydrogens (tertiary/aromatic N) is 1. The molecule has 6 nitrogen and oxygen atoms in total. The predicted molar refractivity (Wildman–Crippen MR) is 75.6 cm³/mol. The fourth-order valence-corrected chi connectivity index (χ4v) is 1.85. The van der Waals surface area contributed by atoms with Crippen molar-refractivity contribution in [3.05, 3.63) is 69.3 Å². The number of rotatable bonds is 5.